The van der Waals surface area contributed by atoms with Gasteiger partial charge < -0.3 is 15.4 Å². The Morgan fingerprint density at radius 2 is 2.17 bits per heavy atom. The van der Waals surface area contributed by atoms with Crippen LogP contribution in [0.2, 0.25) is 5.02 Å². The number of halogens is 1. The molecule has 0 unspecified atom stereocenters. The Labute approximate surface area is 151 Å². The van der Waals surface area contributed by atoms with Crippen LogP contribution in [0.15, 0.2) is 23.1 Å². The summed E-state index contributed by atoms with van der Waals surface area (Å²) < 4.78 is 5.44. The molecule has 0 spiro atoms. The van der Waals surface area contributed by atoms with Gasteiger partial charge in [0, 0.05) is 36.1 Å². The molecule has 1 heterocycles. The lowest BCUT2D eigenvalue weighted by molar-refractivity contribution is -0.124. The highest BCUT2D eigenvalue weighted by Crippen LogP contribution is 2.38. The van der Waals surface area contributed by atoms with Crippen LogP contribution in [0.4, 0.5) is 5.69 Å². The van der Waals surface area contributed by atoms with E-state index < -0.39 is 5.25 Å². The molecule has 24 heavy (non-hydrogen) atoms. The van der Waals surface area contributed by atoms with Crippen molar-refractivity contribution in [2.45, 2.75) is 42.8 Å². The fourth-order valence-electron chi connectivity index (χ4n) is 2.25. The molecule has 2 rings (SSSR count). The zero-order chi connectivity index (χ0) is 17.4. The molecule has 0 aromatic heterocycles. The Bertz CT molecular complexity index is 583. The van der Waals surface area contributed by atoms with Crippen molar-refractivity contribution in [3.63, 3.8) is 0 Å². The number of amides is 2. The lowest BCUT2D eigenvalue weighted by Crippen LogP contribution is -2.35. The van der Waals surface area contributed by atoms with Gasteiger partial charge in [0.1, 0.15) is 0 Å². The number of ether oxygens (including phenoxy) is 1. The van der Waals surface area contributed by atoms with Crippen LogP contribution in [0.25, 0.3) is 0 Å². The van der Waals surface area contributed by atoms with Gasteiger partial charge >= 0.3 is 0 Å². The van der Waals surface area contributed by atoms with Crippen molar-refractivity contribution in [2.75, 3.05) is 25.1 Å². The largest absolute Gasteiger partial charge is 0.381 e. The van der Waals surface area contributed by atoms with Crippen LogP contribution in [0.1, 0.15) is 32.6 Å². The zero-order valence-electron chi connectivity index (χ0n) is 13.8. The summed E-state index contributed by atoms with van der Waals surface area (Å²) in [6.07, 6.45) is 3.12. The second-order valence-electron chi connectivity index (χ2n) is 5.61. The summed E-state index contributed by atoms with van der Waals surface area (Å²) in [6, 6.07) is 5.36. The molecule has 1 atom stereocenters. The van der Waals surface area contributed by atoms with Crippen LogP contribution < -0.4 is 10.6 Å². The van der Waals surface area contributed by atoms with Crippen LogP contribution >= 0.6 is 23.4 Å². The molecule has 1 aliphatic rings. The Kier molecular flexibility index (Phi) is 7.88. The van der Waals surface area contributed by atoms with Gasteiger partial charge in [-0.2, -0.15) is 0 Å². The second kappa shape index (κ2) is 9.91. The first kappa shape index (κ1) is 19.1. The van der Waals surface area contributed by atoms with Crippen molar-refractivity contribution >= 4 is 40.9 Å². The SMILES string of the molecule is CCCCOCCCNC(=O)C[C@@H]1Sc2ccc(Cl)cc2NC1=O. The molecule has 5 nitrogen and oxygen atoms in total. The first-order valence-corrected chi connectivity index (χ1v) is 9.47. The van der Waals surface area contributed by atoms with Crippen LogP contribution in [-0.2, 0) is 14.3 Å². The van der Waals surface area contributed by atoms with E-state index in [1.54, 1.807) is 12.1 Å². The number of unbranched alkanes of at least 4 members (excludes halogenated alkanes) is 1. The minimum Gasteiger partial charge on any atom is -0.381 e. The molecule has 1 aromatic carbocycles. The highest BCUT2D eigenvalue weighted by Gasteiger charge is 2.28. The van der Waals surface area contributed by atoms with E-state index in [0.29, 0.717) is 23.9 Å². The van der Waals surface area contributed by atoms with E-state index in [1.165, 1.54) is 11.8 Å². The number of rotatable bonds is 9. The van der Waals surface area contributed by atoms with Crippen LogP contribution in [-0.4, -0.2) is 36.8 Å². The number of nitrogens with one attached hydrogen (secondary N) is 2. The molecule has 0 saturated carbocycles. The first-order valence-electron chi connectivity index (χ1n) is 8.21. The average molecular weight is 371 g/mol. The Balaban J connectivity index is 1.70. The molecular weight excluding hydrogens is 348 g/mol. The molecule has 1 aromatic rings. The quantitative estimate of drug-likeness (QED) is 0.653. The van der Waals surface area contributed by atoms with Crippen LogP contribution in [0, 0.1) is 0 Å². The maximum Gasteiger partial charge on any atom is 0.238 e. The van der Waals surface area contributed by atoms with Gasteiger partial charge in [-0.05, 0) is 31.0 Å². The van der Waals surface area contributed by atoms with E-state index in [1.807, 2.05) is 6.07 Å². The molecule has 132 valence electrons. The van der Waals surface area contributed by atoms with Crippen molar-refractivity contribution in [3.05, 3.63) is 23.2 Å². The average Bonchev–Trinajstić information content (AvgIpc) is 2.55. The Morgan fingerprint density at radius 3 is 2.96 bits per heavy atom. The number of carbonyl (C=O) groups is 2. The van der Waals surface area contributed by atoms with Crippen molar-refractivity contribution in [2.24, 2.45) is 0 Å². The number of anilines is 1. The van der Waals surface area contributed by atoms with Gasteiger partial charge in [-0.25, -0.2) is 0 Å². The van der Waals surface area contributed by atoms with Crippen LogP contribution in [0.5, 0.6) is 0 Å². The van der Waals surface area contributed by atoms with Crippen molar-refractivity contribution < 1.29 is 14.3 Å². The molecule has 0 radical (unpaired) electrons. The highest BCUT2D eigenvalue weighted by atomic mass is 35.5. The lowest BCUT2D eigenvalue weighted by Gasteiger charge is -2.23. The number of carbonyl (C=O) groups excluding carboxylic acids is 2. The Hall–Kier alpha value is -1.24. The van der Waals surface area contributed by atoms with E-state index in [-0.39, 0.29) is 18.2 Å². The van der Waals surface area contributed by atoms with E-state index in [4.69, 9.17) is 16.3 Å². The highest BCUT2D eigenvalue weighted by molar-refractivity contribution is 8.01. The number of thioether (sulfide) groups is 1. The second-order valence-corrected chi connectivity index (χ2v) is 7.29. The molecule has 7 heteroatoms. The molecule has 0 saturated heterocycles. The summed E-state index contributed by atoms with van der Waals surface area (Å²) in [5, 5.41) is 5.81. The predicted molar refractivity (Wildman–Crippen MR) is 97.7 cm³/mol. The first-order chi connectivity index (χ1) is 11.6. The number of hydrogen-bond acceptors (Lipinski definition) is 4. The van der Waals surface area contributed by atoms with Gasteiger partial charge in [0.05, 0.1) is 10.9 Å². The molecule has 1 aliphatic heterocycles. The molecule has 2 amide bonds. The van der Waals surface area contributed by atoms with Gasteiger partial charge in [-0.3, -0.25) is 9.59 Å². The standard InChI is InChI=1S/C17H23ClN2O3S/c1-2-3-8-23-9-4-7-19-16(21)11-15-17(22)20-13-10-12(18)5-6-14(13)24-15/h5-6,10,15H,2-4,7-9,11H2,1H3,(H,19,21)(H,20,22)/t15-/m0/s1. The van der Waals surface area contributed by atoms with Gasteiger partial charge in [-0.1, -0.05) is 24.9 Å². The monoisotopic (exact) mass is 370 g/mol. The lowest BCUT2D eigenvalue weighted by atomic mass is 10.2. The predicted octanol–water partition coefficient (Wildman–Crippen LogP) is 3.47. The van der Waals surface area contributed by atoms with Gasteiger partial charge in [0.15, 0.2) is 0 Å². The van der Waals surface area contributed by atoms with Gasteiger partial charge in [-0.15, -0.1) is 11.8 Å². The zero-order valence-corrected chi connectivity index (χ0v) is 15.3. The third-order valence-electron chi connectivity index (χ3n) is 3.56. The summed E-state index contributed by atoms with van der Waals surface area (Å²) in [4.78, 5) is 25.0. The smallest absolute Gasteiger partial charge is 0.238 e. The Morgan fingerprint density at radius 1 is 1.38 bits per heavy atom. The van der Waals surface area contributed by atoms with E-state index >= 15 is 0 Å². The molecule has 0 bridgehead atoms. The summed E-state index contributed by atoms with van der Waals surface area (Å²) in [7, 11) is 0. The van der Waals surface area contributed by atoms with Gasteiger partial charge in [0.2, 0.25) is 11.8 Å². The van der Waals surface area contributed by atoms with Crippen molar-refractivity contribution in [1.82, 2.24) is 5.32 Å². The summed E-state index contributed by atoms with van der Waals surface area (Å²) >= 11 is 7.32. The van der Waals surface area contributed by atoms with Crippen molar-refractivity contribution in [3.8, 4) is 0 Å². The van der Waals surface area contributed by atoms with E-state index in [0.717, 1.165) is 30.8 Å². The minimum atomic E-state index is -0.417. The number of fused-ring (bicyclic) bond motifs is 1. The topological polar surface area (TPSA) is 67.4 Å². The third-order valence-corrected chi connectivity index (χ3v) is 5.07. The number of hydrogen-bond donors (Lipinski definition) is 2. The van der Waals surface area contributed by atoms with E-state index in [9.17, 15) is 9.59 Å². The minimum absolute atomic E-state index is 0.117. The van der Waals surface area contributed by atoms with Gasteiger partial charge in [0.25, 0.3) is 0 Å². The summed E-state index contributed by atoms with van der Waals surface area (Å²) in [6.45, 7) is 4.10. The fraction of sp³-hybridized carbons (Fsp3) is 0.529. The fourth-order valence-corrected chi connectivity index (χ4v) is 3.51. The van der Waals surface area contributed by atoms with E-state index in [2.05, 4.69) is 17.6 Å². The summed E-state index contributed by atoms with van der Waals surface area (Å²) in [5.41, 5.74) is 0.707. The normalized spacial score (nSPS) is 16.4. The number of benzene rings is 1. The summed E-state index contributed by atoms with van der Waals surface area (Å²) in [5.74, 6) is -0.276. The molecule has 0 fully saturated rings. The molecule has 0 aliphatic carbocycles. The molecular formula is C17H23ClN2O3S. The van der Waals surface area contributed by atoms with Crippen LogP contribution in [0.3, 0.4) is 0 Å². The third kappa shape index (κ3) is 6.00. The molecule has 2 N–H and O–H groups in total. The maximum absolute atomic E-state index is 12.1. The maximum atomic E-state index is 12.1. The van der Waals surface area contributed by atoms with Crippen molar-refractivity contribution in [1.29, 1.82) is 0 Å².